The predicted molar refractivity (Wildman–Crippen MR) is 77.4 cm³/mol. The molecule has 0 aromatic rings. The number of amides is 2. The summed E-state index contributed by atoms with van der Waals surface area (Å²) in [5.74, 6) is 0.109. The van der Waals surface area contributed by atoms with Crippen molar-refractivity contribution in [2.24, 2.45) is 0 Å². The summed E-state index contributed by atoms with van der Waals surface area (Å²) in [6.45, 7) is 6.47. The number of piperidine rings is 1. The van der Waals surface area contributed by atoms with E-state index in [1.807, 2.05) is 18.7 Å². The minimum absolute atomic E-state index is 0.0851. The van der Waals surface area contributed by atoms with Gasteiger partial charge in [0.1, 0.15) is 6.61 Å². The number of carbonyl (C=O) groups is 2. The van der Waals surface area contributed by atoms with Crippen LogP contribution in [0, 0.1) is 0 Å². The van der Waals surface area contributed by atoms with Gasteiger partial charge in [0.25, 0.3) is 0 Å². The van der Waals surface area contributed by atoms with E-state index < -0.39 is 0 Å². The highest BCUT2D eigenvalue weighted by Gasteiger charge is 2.24. The summed E-state index contributed by atoms with van der Waals surface area (Å²) in [5, 5.41) is 6.17. The molecule has 0 saturated carbocycles. The highest BCUT2D eigenvalue weighted by Crippen LogP contribution is 2.12. The number of carbonyl (C=O) groups excluding carboxylic acids is 2. The molecule has 0 spiro atoms. The Morgan fingerprint density at radius 1 is 1.35 bits per heavy atom. The minimum Gasteiger partial charge on any atom is -0.375 e. The molecule has 0 aromatic heterocycles. The van der Waals surface area contributed by atoms with Crippen LogP contribution in [0.15, 0.2) is 0 Å². The third-order valence-corrected chi connectivity index (χ3v) is 3.52. The van der Waals surface area contributed by atoms with Gasteiger partial charge in [-0.15, -0.1) is 0 Å². The first kappa shape index (κ1) is 16.9. The molecule has 1 fully saturated rings. The van der Waals surface area contributed by atoms with Crippen LogP contribution >= 0.6 is 0 Å². The van der Waals surface area contributed by atoms with Gasteiger partial charge in [-0.2, -0.15) is 0 Å². The molecule has 2 amide bonds. The zero-order valence-corrected chi connectivity index (χ0v) is 12.8. The summed E-state index contributed by atoms with van der Waals surface area (Å²) in [6, 6.07) is 0.375. The summed E-state index contributed by atoms with van der Waals surface area (Å²) in [7, 11) is 1.51. The molecular weight excluding hydrogens is 258 g/mol. The lowest BCUT2D eigenvalue weighted by Gasteiger charge is -2.33. The van der Waals surface area contributed by atoms with E-state index in [-0.39, 0.29) is 30.5 Å². The molecule has 1 aliphatic rings. The molecule has 0 radical (unpaired) electrons. The molecule has 116 valence electrons. The second-order valence-electron chi connectivity index (χ2n) is 5.32. The summed E-state index contributed by atoms with van der Waals surface area (Å²) in [5.41, 5.74) is 0. The molecule has 6 heteroatoms. The lowest BCUT2D eigenvalue weighted by Crippen LogP contribution is -2.48. The molecule has 1 saturated heterocycles. The van der Waals surface area contributed by atoms with Crippen molar-refractivity contribution in [3.63, 3.8) is 0 Å². The van der Waals surface area contributed by atoms with Crippen LogP contribution in [-0.2, 0) is 14.3 Å². The van der Waals surface area contributed by atoms with E-state index in [0.29, 0.717) is 6.42 Å². The molecule has 6 nitrogen and oxygen atoms in total. The quantitative estimate of drug-likeness (QED) is 0.697. The zero-order chi connectivity index (χ0) is 15.0. The Morgan fingerprint density at radius 3 is 2.55 bits per heavy atom. The number of ether oxygens (including phenoxy) is 1. The van der Waals surface area contributed by atoms with Gasteiger partial charge >= 0.3 is 0 Å². The molecule has 0 bridgehead atoms. The number of rotatable bonds is 7. The predicted octanol–water partition coefficient (Wildman–Crippen LogP) is 0.128. The lowest BCUT2D eigenvalue weighted by atomic mass is 10.0. The summed E-state index contributed by atoms with van der Waals surface area (Å²) < 4.78 is 4.79. The van der Waals surface area contributed by atoms with Crippen molar-refractivity contribution in [2.45, 2.75) is 45.2 Å². The van der Waals surface area contributed by atoms with Crippen molar-refractivity contribution >= 4 is 11.8 Å². The fraction of sp³-hybridized carbons (Fsp3) is 0.857. The van der Waals surface area contributed by atoms with Crippen LogP contribution in [0.4, 0.5) is 0 Å². The smallest absolute Gasteiger partial charge is 0.246 e. The third kappa shape index (κ3) is 5.88. The standard InChI is InChI=1S/C14H27N3O3/c1-4-15-11(2)9-14(19)17-7-5-12(6-8-17)16-13(18)10-20-3/h11-12,15H,4-10H2,1-3H3,(H,16,18). The monoisotopic (exact) mass is 285 g/mol. The molecule has 1 unspecified atom stereocenters. The Labute approximate surface area is 121 Å². The van der Waals surface area contributed by atoms with Crippen LogP contribution in [0.5, 0.6) is 0 Å². The van der Waals surface area contributed by atoms with Crippen LogP contribution in [0.2, 0.25) is 0 Å². The van der Waals surface area contributed by atoms with Gasteiger partial charge in [0.05, 0.1) is 0 Å². The molecule has 1 atom stereocenters. The number of nitrogens with one attached hydrogen (secondary N) is 2. The first-order valence-corrected chi connectivity index (χ1v) is 7.36. The van der Waals surface area contributed by atoms with E-state index >= 15 is 0 Å². The number of hydrogen-bond donors (Lipinski definition) is 2. The van der Waals surface area contributed by atoms with Crippen molar-refractivity contribution < 1.29 is 14.3 Å². The van der Waals surface area contributed by atoms with Crippen LogP contribution in [0.1, 0.15) is 33.1 Å². The fourth-order valence-corrected chi connectivity index (χ4v) is 2.49. The number of methoxy groups -OCH3 is 1. The van der Waals surface area contributed by atoms with E-state index in [2.05, 4.69) is 10.6 Å². The maximum Gasteiger partial charge on any atom is 0.246 e. The average Bonchev–Trinajstić information content (AvgIpc) is 2.39. The van der Waals surface area contributed by atoms with Gasteiger partial charge in [-0.3, -0.25) is 9.59 Å². The Bertz CT molecular complexity index is 315. The number of hydrogen-bond acceptors (Lipinski definition) is 4. The van der Waals surface area contributed by atoms with Gasteiger partial charge < -0.3 is 20.3 Å². The largest absolute Gasteiger partial charge is 0.375 e. The average molecular weight is 285 g/mol. The van der Waals surface area contributed by atoms with E-state index in [4.69, 9.17) is 4.74 Å². The molecule has 0 aromatic carbocycles. The van der Waals surface area contributed by atoms with Gasteiger partial charge in [-0.25, -0.2) is 0 Å². The summed E-state index contributed by atoms with van der Waals surface area (Å²) in [6.07, 6.45) is 2.17. The summed E-state index contributed by atoms with van der Waals surface area (Å²) >= 11 is 0. The second kappa shape index (κ2) is 8.92. The molecule has 0 aliphatic carbocycles. The fourth-order valence-electron chi connectivity index (χ4n) is 2.49. The number of likely N-dealkylation sites (tertiary alicyclic amines) is 1. The molecule has 1 heterocycles. The lowest BCUT2D eigenvalue weighted by molar-refractivity contribution is -0.133. The SMILES string of the molecule is CCNC(C)CC(=O)N1CCC(NC(=O)COC)CC1. The first-order chi connectivity index (χ1) is 9.56. The number of nitrogens with zero attached hydrogens (tertiary/aromatic N) is 1. The molecule has 1 aliphatic heterocycles. The van der Waals surface area contributed by atoms with Gasteiger partial charge in [-0.1, -0.05) is 6.92 Å². The zero-order valence-electron chi connectivity index (χ0n) is 12.8. The minimum atomic E-state index is -0.0851. The Morgan fingerprint density at radius 2 is 2.00 bits per heavy atom. The Kier molecular flexibility index (Phi) is 7.54. The Hall–Kier alpha value is -1.14. The highest BCUT2D eigenvalue weighted by molar-refractivity contribution is 5.78. The van der Waals surface area contributed by atoms with Crippen molar-refractivity contribution in [2.75, 3.05) is 33.4 Å². The topological polar surface area (TPSA) is 70.7 Å². The molecular formula is C14H27N3O3. The van der Waals surface area contributed by atoms with Crippen LogP contribution in [-0.4, -0.2) is 62.1 Å². The maximum absolute atomic E-state index is 12.1. The van der Waals surface area contributed by atoms with E-state index in [1.165, 1.54) is 7.11 Å². The van der Waals surface area contributed by atoms with Gasteiger partial charge in [0.2, 0.25) is 11.8 Å². The van der Waals surface area contributed by atoms with E-state index in [0.717, 1.165) is 32.5 Å². The first-order valence-electron chi connectivity index (χ1n) is 7.36. The van der Waals surface area contributed by atoms with Gasteiger partial charge in [0.15, 0.2) is 0 Å². The second-order valence-corrected chi connectivity index (χ2v) is 5.32. The van der Waals surface area contributed by atoms with Crippen LogP contribution in [0.3, 0.4) is 0 Å². The van der Waals surface area contributed by atoms with Crippen LogP contribution < -0.4 is 10.6 Å². The summed E-state index contributed by atoms with van der Waals surface area (Å²) in [4.78, 5) is 25.4. The third-order valence-electron chi connectivity index (χ3n) is 3.52. The van der Waals surface area contributed by atoms with Gasteiger partial charge in [-0.05, 0) is 26.3 Å². The normalized spacial score (nSPS) is 17.9. The van der Waals surface area contributed by atoms with E-state index in [1.54, 1.807) is 0 Å². The maximum atomic E-state index is 12.1. The Balaban J connectivity index is 2.27. The highest BCUT2D eigenvalue weighted by atomic mass is 16.5. The van der Waals surface area contributed by atoms with Crippen molar-refractivity contribution in [1.29, 1.82) is 0 Å². The molecule has 20 heavy (non-hydrogen) atoms. The molecule has 2 N–H and O–H groups in total. The van der Waals surface area contributed by atoms with Crippen molar-refractivity contribution in [1.82, 2.24) is 15.5 Å². The van der Waals surface area contributed by atoms with Crippen molar-refractivity contribution in [3.8, 4) is 0 Å². The van der Waals surface area contributed by atoms with Crippen molar-refractivity contribution in [3.05, 3.63) is 0 Å². The van der Waals surface area contributed by atoms with Crippen LogP contribution in [0.25, 0.3) is 0 Å². The van der Waals surface area contributed by atoms with E-state index in [9.17, 15) is 9.59 Å². The molecule has 1 rings (SSSR count). The van der Waals surface area contributed by atoms with Gasteiger partial charge in [0, 0.05) is 38.7 Å².